The van der Waals surface area contributed by atoms with Crippen LogP contribution in [0.3, 0.4) is 0 Å². The van der Waals surface area contributed by atoms with Crippen LogP contribution in [0, 0.1) is 0 Å². The Hall–Kier alpha value is -0.890. The highest BCUT2D eigenvalue weighted by Gasteiger charge is 2.52. The standard InChI is InChI=1S/C17H31N3O4/c1-3-20(4-2)14-15(21)13(12-10-23-16(14)24-12)19-17(22)18-11-8-6-5-7-9-11/h11-16,21H,3-10H2,1-2H3,(H2,18,19,22). The summed E-state index contributed by atoms with van der Waals surface area (Å²) in [5.74, 6) is 0. The first-order valence-corrected chi connectivity index (χ1v) is 9.40. The molecular formula is C17H31N3O4. The van der Waals surface area contributed by atoms with Crippen molar-refractivity contribution in [1.82, 2.24) is 15.5 Å². The van der Waals surface area contributed by atoms with Gasteiger partial charge in [0.15, 0.2) is 6.29 Å². The van der Waals surface area contributed by atoms with E-state index < -0.39 is 18.4 Å². The van der Waals surface area contributed by atoms with Crippen molar-refractivity contribution in [2.45, 2.75) is 82.6 Å². The van der Waals surface area contributed by atoms with E-state index in [2.05, 4.69) is 29.4 Å². The van der Waals surface area contributed by atoms with E-state index in [4.69, 9.17) is 9.47 Å². The van der Waals surface area contributed by atoms with Gasteiger partial charge >= 0.3 is 6.03 Å². The number of carbonyl (C=O) groups is 1. The van der Waals surface area contributed by atoms with Crippen LogP contribution in [-0.4, -0.2) is 72.4 Å². The summed E-state index contributed by atoms with van der Waals surface area (Å²) < 4.78 is 11.6. The molecule has 0 spiro atoms. The minimum Gasteiger partial charge on any atom is -0.389 e. The molecule has 24 heavy (non-hydrogen) atoms. The minimum absolute atomic E-state index is 0.210. The molecule has 2 aliphatic heterocycles. The van der Waals surface area contributed by atoms with Gasteiger partial charge in [-0.15, -0.1) is 0 Å². The Morgan fingerprint density at radius 1 is 1.17 bits per heavy atom. The molecule has 2 heterocycles. The molecule has 0 aromatic heterocycles. The fraction of sp³-hybridized carbons (Fsp3) is 0.941. The molecule has 3 fully saturated rings. The number of hydrogen-bond acceptors (Lipinski definition) is 5. The number of carbonyl (C=O) groups excluding carboxylic acids is 1. The number of likely N-dealkylation sites (N-methyl/N-ethyl adjacent to an activating group) is 1. The maximum atomic E-state index is 12.4. The Bertz CT molecular complexity index is 424. The number of aliphatic hydroxyl groups excluding tert-OH is 1. The van der Waals surface area contributed by atoms with Gasteiger partial charge in [-0.2, -0.15) is 0 Å². The molecule has 2 bridgehead atoms. The van der Waals surface area contributed by atoms with Crippen LogP contribution in [0.4, 0.5) is 4.79 Å². The Balaban J connectivity index is 1.62. The van der Waals surface area contributed by atoms with Gasteiger partial charge in [-0.1, -0.05) is 33.1 Å². The molecule has 2 amide bonds. The third kappa shape index (κ3) is 3.69. The predicted molar refractivity (Wildman–Crippen MR) is 89.7 cm³/mol. The summed E-state index contributed by atoms with van der Waals surface area (Å²) >= 11 is 0. The van der Waals surface area contributed by atoms with E-state index in [1.54, 1.807) is 0 Å². The quantitative estimate of drug-likeness (QED) is 0.689. The van der Waals surface area contributed by atoms with E-state index in [-0.39, 0.29) is 24.2 Å². The van der Waals surface area contributed by atoms with Crippen LogP contribution < -0.4 is 10.6 Å². The van der Waals surface area contributed by atoms with Crippen molar-refractivity contribution in [3.63, 3.8) is 0 Å². The van der Waals surface area contributed by atoms with Crippen molar-refractivity contribution in [2.24, 2.45) is 0 Å². The van der Waals surface area contributed by atoms with Crippen LogP contribution in [0.25, 0.3) is 0 Å². The van der Waals surface area contributed by atoms with E-state index in [0.717, 1.165) is 25.9 Å². The van der Waals surface area contributed by atoms with Gasteiger partial charge in [0.2, 0.25) is 0 Å². The molecule has 7 heteroatoms. The number of urea groups is 1. The van der Waals surface area contributed by atoms with Crippen molar-refractivity contribution < 1.29 is 19.4 Å². The molecule has 1 aliphatic carbocycles. The van der Waals surface area contributed by atoms with Crippen LogP contribution in [0.1, 0.15) is 46.0 Å². The van der Waals surface area contributed by atoms with E-state index >= 15 is 0 Å². The minimum atomic E-state index is -0.701. The number of rotatable bonds is 5. The smallest absolute Gasteiger partial charge is 0.315 e. The molecule has 0 radical (unpaired) electrons. The summed E-state index contributed by atoms with van der Waals surface area (Å²) in [6.07, 6.45) is 4.26. The summed E-state index contributed by atoms with van der Waals surface area (Å²) in [5.41, 5.74) is 0. The van der Waals surface area contributed by atoms with Crippen LogP contribution in [-0.2, 0) is 9.47 Å². The third-order valence-electron chi connectivity index (χ3n) is 5.60. The van der Waals surface area contributed by atoms with E-state index in [0.29, 0.717) is 6.61 Å². The highest BCUT2D eigenvalue weighted by molar-refractivity contribution is 5.74. The lowest BCUT2D eigenvalue weighted by Gasteiger charge is -2.43. The zero-order chi connectivity index (χ0) is 17.1. The normalized spacial score (nSPS) is 36.8. The molecule has 0 aromatic carbocycles. The molecule has 1 saturated carbocycles. The summed E-state index contributed by atoms with van der Waals surface area (Å²) in [4.78, 5) is 14.5. The molecule has 7 nitrogen and oxygen atoms in total. The van der Waals surface area contributed by atoms with Crippen molar-refractivity contribution in [3.8, 4) is 0 Å². The van der Waals surface area contributed by atoms with Crippen molar-refractivity contribution >= 4 is 6.03 Å². The van der Waals surface area contributed by atoms with Gasteiger partial charge in [0.05, 0.1) is 24.8 Å². The van der Waals surface area contributed by atoms with E-state index in [9.17, 15) is 9.90 Å². The van der Waals surface area contributed by atoms with Gasteiger partial charge in [0, 0.05) is 6.04 Å². The number of nitrogens with one attached hydrogen (secondary N) is 2. The second-order valence-electron chi connectivity index (χ2n) is 7.06. The second-order valence-corrected chi connectivity index (χ2v) is 7.06. The van der Waals surface area contributed by atoms with Gasteiger partial charge in [0.25, 0.3) is 0 Å². The lowest BCUT2D eigenvalue weighted by Crippen LogP contribution is -2.66. The summed E-state index contributed by atoms with van der Waals surface area (Å²) in [6.45, 7) is 6.11. The second kappa shape index (κ2) is 7.99. The predicted octanol–water partition coefficient (Wildman–Crippen LogP) is 0.813. The monoisotopic (exact) mass is 341 g/mol. The van der Waals surface area contributed by atoms with Gasteiger partial charge in [-0.25, -0.2) is 4.79 Å². The number of hydrogen-bond donors (Lipinski definition) is 3. The van der Waals surface area contributed by atoms with Gasteiger partial charge < -0.3 is 25.2 Å². The molecular weight excluding hydrogens is 310 g/mol. The molecule has 5 unspecified atom stereocenters. The number of ether oxygens (including phenoxy) is 2. The average Bonchev–Trinajstić information content (AvgIpc) is 3.02. The Labute approximate surface area is 144 Å². The first-order chi connectivity index (χ1) is 11.6. The maximum Gasteiger partial charge on any atom is 0.315 e. The van der Waals surface area contributed by atoms with Gasteiger partial charge in [0.1, 0.15) is 6.10 Å². The van der Waals surface area contributed by atoms with Gasteiger partial charge in [-0.3, -0.25) is 4.90 Å². The molecule has 3 N–H and O–H groups in total. The fourth-order valence-electron chi connectivity index (χ4n) is 4.24. The molecule has 2 saturated heterocycles. The SMILES string of the molecule is CCN(CC)C1C2OCC(O2)C(NC(=O)NC2CCCCC2)C1O. The Morgan fingerprint density at radius 3 is 2.54 bits per heavy atom. The molecule has 3 rings (SSSR count). The zero-order valence-corrected chi connectivity index (χ0v) is 14.7. The molecule has 3 aliphatic rings. The van der Waals surface area contributed by atoms with E-state index in [1.165, 1.54) is 19.3 Å². The highest BCUT2D eigenvalue weighted by atomic mass is 16.7. The van der Waals surface area contributed by atoms with Crippen molar-refractivity contribution in [2.75, 3.05) is 19.7 Å². The van der Waals surface area contributed by atoms with Crippen molar-refractivity contribution in [1.29, 1.82) is 0 Å². The number of aliphatic hydroxyl groups is 1. The summed E-state index contributed by atoms with van der Waals surface area (Å²) in [6, 6.07) is -0.665. The first kappa shape index (κ1) is 17.9. The molecule has 5 atom stereocenters. The lowest BCUT2D eigenvalue weighted by atomic mass is 9.94. The Kier molecular flexibility index (Phi) is 5.97. The third-order valence-corrected chi connectivity index (χ3v) is 5.60. The Morgan fingerprint density at radius 2 is 1.88 bits per heavy atom. The van der Waals surface area contributed by atoms with Crippen LogP contribution >= 0.6 is 0 Å². The van der Waals surface area contributed by atoms with Crippen molar-refractivity contribution in [3.05, 3.63) is 0 Å². The fourth-order valence-corrected chi connectivity index (χ4v) is 4.24. The lowest BCUT2D eigenvalue weighted by molar-refractivity contribution is -0.179. The average molecular weight is 341 g/mol. The summed E-state index contributed by atoms with van der Waals surface area (Å²) in [7, 11) is 0. The van der Waals surface area contributed by atoms with E-state index in [1.807, 2.05) is 0 Å². The number of fused-ring (bicyclic) bond motifs is 2. The van der Waals surface area contributed by atoms with Crippen LogP contribution in [0.15, 0.2) is 0 Å². The number of nitrogens with zero attached hydrogens (tertiary/aromatic N) is 1. The van der Waals surface area contributed by atoms with Gasteiger partial charge in [-0.05, 0) is 25.9 Å². The largest absolute Gasteiger partial charge is 0.389 e. The first-order valence-electron chi connectivity index (χ1n) is 9.40. The highest BCUT2D eigenvalue weighted by Crippen LogP contribution is 2.31. The topological polar surface area (TPSA) is 83.1 Å². The summed E-state index contributed by atoms with van der Waals surface area (Å²) in [5, 5.41) is 16.8. The van der Waals surface area contributed by atoms with Crippen LogP contribution in [0.5, 0.6) is 0 Å². The maximum absolute atomic E-state index is 12.4. The molecule has 0 aromatic rings. The zero-order valence-electron chi connectivity index (χ0n) is 14.7. The molecule has 138 valence electrons. The number of amides is 2. The van der Waals surface area contributed by atoms with Crippen LogP contribution in [0.2, 0.25) is 0 Å².